The van der Waals surface area contributed by atoms with Crippen LogP contribution in [0.4, 0.5) is 0 Å². The predicted octanol–water partition coefficient (Wildman–Crippen LogP) is 4.45. The van der Waals surface area contributed by atoms with Crippen LogP contribution in [0.1, 0.15) is 27.4 Å². The summed E-state index contributed by atoms with van der Waals surface area (Å²) in [5, 5.41) is 4.79. The minimum Gasteiger partial charge on any atom is -0.467 e. The summed E-state index contributed by atoms with van der Waals surface area (Å²) in [6.07, 6.45) is 1.83. The first kappa shape index (κ1) is 19.4. The molecule has 0 unspecified atom stereocenters. The molecule has 0 aliphatic rings. The van der Waals surface area contributed by atoms with E-state index in [4.69, 9.17) is 4.42 Å². The maximum Gasteiger partial charge on any atom is 0.251 e. The van der Waals surface area contributed by atoms with Crippen molar-refractivity contribution < 1.29 is 14.0 Å². The van der Waals surface area contributed by atoms with E-state index in [-0.39, 0.29) is 24.8 Å². The Morgan fingerprint density at radius 1 is 1.07 bits per heavy atom. The molecule has 0 spiro atoms. The number of hydrogen-bond acceptors (Lipinski definition) is 4. The molecule has 0 atom stereocenters. The minimum absolute atomic E-state index is 0.0316. The highest BCUT2D eigenvalue weighted by Crippen LogP contribution is 2.16. The normalized spacial score (nSPS) is 10.6. The number of thiophene rings is 1. The van der Waals surface area contributed by atoms with Gasteiger partial charge in [-0.25, -0.2) is 0 Å². The Kier molecular flexibility index (Phi) is 6.84. The molecule has 0 fully saturated rings. The molecule has 3 rings (SSSR count). The molecule has 1 aromatic carbocycles. The molecular formula is C20H19BrN2O3S. The Hall–Kier alpha value is -2.38. The van der Waals surface area contributed by atoms with Gasteiger partial charge < -0.3 is 14.6 Å². The van der Waals surface area contributed by atoms with Crippen LogP contribution < -0.4 is 5.32 Å². The van der Waals surface area contributed by atoms with Gasteiger partial charge in [0.1, 0.15) is 5.76 Å². The number of hydrogen-bond donors (Lipinski definition) is 1. The Balaban J connectivity index is 1.55. The number of nitrogens with zero attached hydrogens (tertiary/aromatic N) is 1. The first-order chi connectivity index (χ1) is 13.1. The summed E-state index contributed by atoms with van der Waals surface area (Å²) in [6, 6.07) is 14.7. The average molecular weight is 447 g/mol. The van der Waals surface area contributed by atoms with Crippen LogP contribution in [0.3, 0.4) is 0 Å². The average Bonchev–Trinajstić information content (AvgIpc) is 3.35. The van der Waals surface area contributed by atoms with Crippen molar-refractivity contribution in [1.82, 2.24) is 10.2 Å². The zero-order valence-electron chi connectivity index (χ0n) is 14.6. The number of halogens is 1. The van der Waals surface area contributed by atoms with Crippen molar-refractivity contribution in [3.63, 3.8) is 0 Å². The fourth-order valence-corrected chi connectivity index (χ4v) is 3.54. The summed E-state index contributed by atoms with van der Waals surface area (Å²) >= 11 is 4.95. The minimum atomic E-state index is -0.189. The van der Waals surface area contributed by atoms with E-state index in [0.717, 1.165) is 15.1 Å². The van der Waals surface area contributed by atoms with Crippen LogP contribution in [0.15, 0.2) is 69.1 Å². The van der Waals surface area contributed by atoms with E-state index in [1.165, 1.54) is 0 Å². The van der Waals surface area contributed by atoms with E-state index in [2.05, 4.69) is 21.2 Å². The molecule has 7 heteroatoms. The fourth-order valence-electron chi connectivity index (χ4n) is 2.56. The molecule has 3 aromatic rings. The summed E-state index contributed by atoms with van der Waals surface area (Å²) in [4.78, 5) is 27.7. The van der Waals surface area contributed by atoms with Crippen molar-refractivity contribution in [1.29, 1.82) is 0 Å². The molecule has 1 N–H and O–H groups in total. The van der Waals surface area contributed by atoms with Gasteiger partial charge in [-0.2, -0.15) is 0 Å². The number of carbonyl (C=O) groups excluding carboxylic acids is 2. The molecule has 0 bridgehead atoms. The quantitative estimate of drug-likeness (QED) is 0.555. The second kappa shape index (κ2) is 9.53. The lowest BCUT2D eigenvalue weighted by atomic mass is 10.2. The molecule has 0 saturated carbocycles. The van der Waals surface area contributed by atoms with E-state index in [0.29, 0.717) is 18.7 Å². The van der Waals surface area contributed by atoms with Crippen molar-refractivity contribution in [2.45, 2.75) is 19.5 Å². The van der Waals surface area contributed by atoms with Crippen molar-refractivity contribution >= 4 is 39.1 Å². The SMILES string of the molecule is O=C(NCCC(=O)N(Cc1ccco1)Cc1cccs1)c1ccc(Br)cc1. The molecule has 140 valence electrons. The molecule has 0 aliphatic carbocycles. The van der Waals surface area contributed by atoms with Gasteiger partial charge in [0.25, 0.3) is 5.91 Å². The van der Waals surface area contributed by atoms with Crippen molar-refractivity contribution in [2.24, 2.45) is 0 Å². The first-order valence-electron chi connectivity index (χ1n) is 8.48. The van der Waals surface area contributed by atoms with Crippen LogP contribution in [0.5, 0.6) is 0 Å². The first-order valence-corrected chi connectivity index (χ1v) is 10.2. The zero-order valence-corrected chi connectivity index (χ0v) is 17.0. The lowest BCUT2D eigenvalue weighted by Gasteiger charge is -2.21. The molecule has 5 nitrogen and oxygen atoms in total. The monoisotopic (exact) mass is 446 g/mol. The van der Waals surface area contributed by atoms with Gasteiger partial charge >= 0.3 is 0 Å². The van der Waals surface area contributed by atoms with E-state index in [1.54, 1.807) is 34.6 Å². The molecule has 0 radical (unpaired) electrons. The highest BCUT2D eigenvalue weighted by molar-refractivity contribution is 9.10. The number of nitrogens with one attached hydrogen (secondary N) is 1. The Morgan fingerprint density at radius 2 is 1.89 bits per heavy atom. The molecule has 2 amide bonds. The standard InChI is InChI=1S/C20H19BrN2O3S/c21-16-7-5-15(6-8-16)20(25)22-10-9-19(24)23(13-17-3-1-11-26-17)14-18-4-2-12-27-18/h1-8,11-12H,9-10,13-14H2,(H,22,25). The summed E-state index contributed by atoms with van der Waals surface area (Å²) in [6.45, 7) is 1.22. The number of benzene rings is 1. The van der Waals surface area contributed by atoms with Gasteiger partial charge in [0.15, 0.2) is 0 Å². The van der Waals surface area contributed by atoms with Gasteiger partial charge in [0.05, 0.1) is 19.4 Å². The number of rotatable bonds is 8. The molecule has 0 saturated heterocycles. The summed E-state index contributed by atoms with van der Waals surface area (Å²) in [5.74, 6) is 0.515. The zero-order chi connectivity index (χ0) is 19.1. The molecule has 27 heavy (non-hydrogen) atoms. The van der Waals surface area contributed by atoms with Gasteiger partial charge in [-0.05, 0) is 47.8 Å². The highest BCUT2D eigenvalue weighted by atomic mass is 79.9. The lowest BCUT2D eigenvalue weighted by molar-refractivity contribution is -0.132. The summed E-state index contributed by atoms with van der Waals surface area (Å²) in [5.41, 5.74) is 0.566. The van der Waals surface area contributed by atoms with Gasteiger partial charge in [-0.15, -0.1) is 11.3 Å². The number of furan rings is 1. The van der Waals surface area contributed by atoms with Crippen LogP contribution >= 0.6 is 27.3 Å². The van der Waals surface area contributed by atoms with Crippen LogP contribution in [0, 0.1) is 0 Å². The smallest absolute Gasteiger partial charge is 0.251 e. The lowest BCUT2D eigenvalue weighted by Crippen LogP contribution is -2.33. The molecule has 2 heterocycles. The van der Waals surface area contributed by atoms with Crippen molar-refractivity contribution in [3.05, 3.63) is 80.8 Å². The number of carbonyl (C=O) groups is 2. The third-order valence-corrected chi connectivity index (χ3v) is 5.33. The third kappa shape index (κ3) is 5.80. The van der Waals surface area contributed by atoms with Crippen LogP contribution in [-0.2, 0) is 17.9 Å². The van der Waals surface area contributed by atoms with E-state index in [1.807, 2.05) is 41.8 Å². The maximum atomic E-state index is 12.7. The molecule has 2 aromatic heterocycles. The van der Waals surface area contributed by atoms with Crippen LogP contribution in [0.25, 0.3) is 0 Å². The molecular weight excluding hydrogens is 428 g/mol. The van der Waals surface area contributed by atoms with Gasteiger partial charge in [0.2, 0.25) is 5.91 Å². The van der Waals surface area contributed by atoms with E-state index < -0.39 is 0 Å². The Morgan fingerprint density at radius 3 is 2.56 bits per heavy atom. The van der Waals surface area contributed by atoms with Gasteiger partial charge in [0, 0.05) is 27.9 Å². The van der Waals surface area contributed by atoms with E-state index >= 15 is 0 Å². The highest BCUT2D eigenvalue weighted by Gasteiger charge is 2.17. The summed E-state index contributed by atoms with van der Waals surface area (Å²) < 4.78 is 6.29. The number of amides is 2. The van der Waals surface area contributed by atoms with Crippen molar-refractivity contribution in [3.8, 4) is 0 Å². The van der Waals surface area contributed by atoms with E-state index in [9.17, 15) is 9.59 Å². The van der Waals surface area contributed by atoms with Crippen LogP contribution in [-0.4, -0.2) is 23.3 Å². The van der Waals surface area contributed by atoms with Gasteiger partial charge in [-0.3, -0.25) is 9.59 Å². The largest absolute Gasteiger partial charge is 0.467 e. The van der Waals surface area contributed by atoms with Gasteiger partial charge in [-0.1, -0.05) is 22.0 Å². The van der Waals surface area contributed by atoms with Crippen molar-refractivity contribution in [2.75, 3.05) is 6.54 Å². The molecule has 0 aliphatic heterocycles. The Labute approximate surface area is 170 Å². The Bertz CT molecular complexity index is 825. The maximum absolute atomic E-state index is 12.7. The summed E-state index contributed by atoms with van der Waals surface area (Å²) in [7, 11) is 0. The fraction of sp³-hybridized carbons (Fsp3) is 0.200. The topological polar surface area (TPSA) is 62.6 Å². The predicted molar refractivity (Wildman–Crippen MR) is 108 cm³/mol. The second-order valence-electron chi connectivity index (χ2n) is 5.92. The third-order valence-electron chi connectivity index (χ3n) is 3.94. The van der Waals surface area contributed by atoms with Crippen LogP contribution in [0.2, 0.25) is 0 Å². The second-order valence-corrected chi connectivity index (χ2v) is 7.87.